The second kappa shape index (κ2) is 10.8. The van der Waals surface area contributed by atoms with Gasteiger partial charge in [0.05, 0.1) is 29.8 Å². The van der Waals surface area contributed by atoms with Crippen molar-refractivity contribution in [2.75, 3.05) is 32.1 Å². The van der Waals surface area contributed by atoms with Crippen molar-refractivity contribution in [3.05, 3.63) is 46.9 Å². The summed E-state index contributed by atoms with van der Waals surface area (Å²) in [5.41, 5.74) is -1.31. The van der Waals surface area contributed by atoms with Gasteiger partial charge in [-0.1, -0.05) is 6.07 Å². The number of hydrogen-bond donors (Lipinski definition) is 1. The standard InChI is InChI=1S/C30H34F5N3O5S/c1-17-13-23(18(2)43-17)44(40,41)14-20(19-5-7-29(32,33)8-6-19)26-36-22-4-3-21(24(31)25(22)37-26)28(9-11-42-12-10-28)27(39)38-15-30(34,35)16-38/h3-4,13,19-20H,5-12,14-16H2,1-2H3,(H,36,37)/t20-/m0/s1. The summed E-state index contributed by atoms with van der Waals surface area (Å²) in [6, 6.07) is 4.38. The second-order valence-electron chi connectivity index (χ2n) is 12.5. The first-order valence-corrected chi connectivity index (χ1v) is 16.4. The van der Waals surface area contributed by atoms with Crippen molar-refractivity contribution in [1.82, 2.24) is 14.9 Å². The minimum atomic E-state index is -3.97. The molecule has 1 amide bonds. The molecule has 0 spiro atoms. The molecule has 1 N–H and O–H groups in total. The Morgan fingerprint density at radius 3 is 2.32 bits per heavy atom. The third-order valence-corrected chi connectivity index (χ3v) is 11.3. The molecule has 0 radical (unpaired) electrons. The summed E-state index contributed by atoms with van der Waals surface area (Å²) in [5.74, 6) is -8.28. The highest BCUT2D eigenvalue weighted by molar-refractivity contribution is 7.91. The van der Waals surface area contributed by atoms with Crippen LogP contribution >= 0.6 is 0 Å². The van der Waals surface area contributed by atoms with Crippen LogP contribution in [0.3, 0.4) is 0 Å². The van der Waals surface area contributed by atoms with E-state index >= 15 is 4.39 Å². The number of aromatic amines is 1. The number of hydrogen-bond acceptors (Lipinski definition) is 6. The van der Waals surface area contributed by atoms with Gasteiger partial charge in [-0.3, -0.25) is 4.79 Å². The van der Waals surface area contributed by atoms with Crippen LogP contribution in [0.25, 0.3) is 11.0 Å². The third-order valence-electron chi connectivity index (χ3n) is 9.43. The zero-order valence-electron chi connectivity index (χ0n) is 24.4. The molecule has 1 aliphatic carbocycles. The number of alkyl halides is 4. The lowest BCUT2D eigenvalue weighted by Gasteiger charge is -2.46. The van der Waals surface area contributed by atoms with Gasteiger partial charge in [0.2, 0.25) is 11.8 Å². The molecule has 44 heavy (non-hydrogen) atoms. The molecule has 14 heteroatoms. The quantitative estimate of drug-likeness (QED) is 0.326. The molecule has 240 valence electrons. The van der Waals surface area contributed by atoms with Crippen molar-refractivity contribution in [2.45, 2.75) is 80.4 Å². The number of carbonyl (C=O) groups is 1. The fraction of sp³-hybridized carbons (Fsp3) is 0.600. The predicted molar refractivity (Wildman–Crippen MR) is 149 cm³/mol. The Hall–Kier alpha value is -3.00. The largest absolute Gasteiger partial charge is 0.465 e. The minimum Gasteiger partial charge on any atom is -0.465 e. The Labute approximate surface area is 251 Å². The zero-order chi connectivity index (χ0) is 31.7. The van der Waals surface area contributed by atoms with Gasteiger partial charge < -0.3 is 19.0 Å². The highest BCUT2D eigenvalue weighted by atomic mass is 32.2. The number of nitrogens with one attached hydrogen (secondary N) is 1. The SMILES string of the molecule is Cc1cc(S(=O)(=O)C[C@H](c2nc3c(F)c(C4(C(=O)N5CC(F)(F)C5)CCOCC4)ccc3[nH]2)C2CCC(F)(F)CC2)c(C)o1. The fourth-order valence-corrected chi connectivity index (χ4v) is 8.94. The molecule has 1 aromatic carbocycles. The van der Waals surface area contributed by atoms with Crippen molar-refractivity contribution >= 4 is 26.8 Å². The van der Waals surface area contributed by atoms with Crippen LogP contribution in [0.2, 0.25) is 0 Å². The zero-order valence-corrected chi connectivity index (χ0v) is 25.2. The number of H-pyrrole nitrogens is 1. The van der Waals surface area contributed by atoms with Gasteiger partial charge in [-0.15, -0.1) is 0 Å². The molecule has 3 aromatic rings. The number of halogens is 5. The molecule has 2 saturated heterocycles. The van der Waals surface area contributed by atoms with Crippen molar-refractivity contribution < 1.29 is 44.3 Å². The van der Waals surface area contributed by atoms with E-state index in [1.165, 1.54) is 25.1 Å². The van der Waals surface area contributed by atoms with Crippen LogP contribution in [-0.2, 0) is 24.8 Å². The first-order valence-electron chi connectivity index (χ1n) is 14.7. The number of ether oxygens (including phenoxy) is 1. The van der Waals surface area contributed by atoms with E-state index in [9.17, 15) is 30.8 Å². The monoisotopic (exact) mass is 643 g/mol. The molecule has 4 heterocycles. The first-order chi connectivity index (χ1) is 20.6. The lowest BCUT2D eigenvalue weighted by atomic mass is 9.72. The molecule has 8 nitrogen and oxygen atoms in total. The van der Waals surface area contributed by atoms with Gasteiger partial charge in [0.1, 0.15) is 27.8 Å². The number of sulfone groups is 1. The van der Waals surface area contributed by atoms with Crippen LogP contribution in [0.4, 0.5) is 22.0 Å². The van der Waals surface area contributed by atoms with Gasteiger partial charge in [-0.25, -0.2) is 35.4 Å². The molecule has 3 aliphatic rings. The summed E-state index contributed by atoms with van der Waals surface area (Å²) in [6.07, 6.45) is -0.514. The van der Waals surface area contributed by atoms with Crippen molar-refractivity contribution in [3.8, 4) is 0 Å². The molecule has 1 saturated carbocycles. The summed E-state index contributed by atoms with van der Waals surface area (Å²) in [6.45, 7) is 1.95. The summed E-state index contributed by atoms with van der Waals surface area (Å²) in [7, 11) is -3.97. The fourth-order valence-electron chi connectivity index (χ4n) is 7.03. The van der Waals surface area contributed by atoms with Crippen LogP contribution in [-0.4, -0.2) is 73.1 Å². The molecule has 1 atom stereocenters. The average molecular weight is 644 g/mol. The number of likely N-dealkylation sites (tertiary alicyclic amines) is 1. The van der Waals surface area contributed by atoms with Gasteiger partial charge >= 0.3 is 0 Å². The van der Waals surface area contributed by atoms with E-state index in [2.05, 4.69) is 9.97 Å². The van der Waals surface area contributed by atoms with Crippen molar-refractivity contribution in [1.29, 1.82) is 0 Å². The molecule has 2 aromatic heterocycles. The number of fused-ring (bicyclic) bond motifs is 1. The maximum absolute atomic E-state index is 16.4. The topological polar surface area (TPSA) is 105 Å². The van der Waals surface area contributed by atoms with E-state index in [4.69, 9.17) is 9.15 Å². The Bertz CT molecular complexity index is 1680. The van der Waals surface area contributed by atoms with Crippen LogP contribution in [0.5, 0.6) is 0 Å². The molecule has 0 bridgehead atoms. The lowest BCUT2D eigenvalue weighted by Crippen LogP contribution is -2.63. The van der Waals surface area contributed by atoms with E-state index < -0.39 is 82.3 Å². The summed E-state index contributed by atoms with van der Waals surface area (Å²) in [4.78, 5) is 22.1. The number of aromatic nitrogens is 2. The number of amides is 1. The number of rotatable bonds is 7. The number of benzene rings is 1. The van der Waals surface area contributed by atoms with Crippen molar-refractivity contribution in [3.63, 3.8) is 0 Å². The number of aryl methyl sites for hydroxylation is 2. The molecular weight excluding hydrogens is 609 g/mol. The highest BCUT2D eigenvalue weighted by Crippen LogP contribution is 2.45. The Balaban J connectivity index is 1.39. The maximum atomic E-state index is 16.4. The molecular formula is C30H34F5N3O5S. The number of carbonyl (C=O) groups excluding carboxylic acids is 1. The number of furan rings is 1. The molecule has 3 fully saturated rings. The Morgan fingerprint density at radius 1 is 1.07 bits per heavy atom. The van der Waals surface area contributed by atoms with Crippen LogP contribution in [0.1, 0.15) is 67.4 Å². The van der Waals surface area contributed by atoms with E-state index in [1.54, 1.807) is 6.92 Å². The minimum absolute atomic E-state index is 0.00209. The smallest absolute Gasteiger partial charge is 0.282 e. The van der Waals surface area contributed by atoms with E-state index in [-0.39, 0.29) is 72.0 Å². The Morgan fingerprint density at radius 2 is 1.73 bits per heavy atom. The number of nitrogens with zero attached hydrogens (tertiary/aromatic N) is 2. The molecule has 6 rings (SSSR count). The van der Waals surface area contributed by atoms with E-state index in [1.807, 2.05) is 0 Å². The second-order valence-corrected chi connectivity index (χ2v) is 14.5. The van der Waals surface area contributed by atoms with Gasteiger partial charge in [0.25, 0.3) is 5.92 Å². The third kappa shape index (κ3) is 5.52. The van der Waals surface area contributed by atoms with Crippen LogP contribution in [0, 0.1) is 25.6 Å². The normalized spacial score (nSPS) is 22.6. The summed E-state index contributed by atoms with van der Waals surface area (Å²) >= 11 is 0. The van der Waals surface area contributed by atoms with Crippen LogP contribution < -0.4 is 0 Å². The average Bonchev–Trinajstić information content (AvgIpc) is 3.54. The van der Waals surface area contributed by atoms with Gasteiger partial charge in [-0.2, -0.15) is 0 Å². The van der Waals surface area contributed by atoms with Gasteiger partial charge in [0, 0.05) is 37.5 Å². The van der Waals surface area contributed by atoms with Crippen molar-refractivity contribution in [2.24, 2.45) is 5.92 Å². The van der Waals surface area contributed by atoms with E-state index in [0.717, 1.165) is 4.90 Å². The molecule has 2 aliphatic heterocycles. The highest BCUT2D eigenvalue weighted by Gasteiger charge is 2.54. The summed E-state index contributed by atoms with van der Waals surface area (Å²) < 4.78 is 110. The summed E-state index contributed by atoms with van der Waals surface area (Å²) in [5, 5.41) is 0. The maximum Gasteiger partial charge on any atom is 0.282 e. The van der Waals surface area contributed by atoms with Gasteiger partial charge in [-0.05, 0) is 57.6 Å². The number of imidazole rings is 1. The first kappa shape index (κ1) is 31.0. The molecule has 0 unspecified atom stereocenters. The van der Waals surface area contributed by atoms with Gasteiger partial charge in [0.15, 0.2) is 15.7 Å². The van der Waals surface area contributed by atoms with Crippen LogP contribution in [0.15, 0.2) is 27.5 Å². The Kier molecular flexibility index (Phi) is 7.62. The predicted octanol–water partition coefficient (Wildman–Crippen LogP) is 5.82. The van der Waals surface area contributed by atoms with E-state index in [0.29, 0.717) is 5.76 Å². The lowest BCUT2D eigenvalue weighted by molar-refractivity contribution is -0.174.